The lowest BCUT2D eigenvalue weighted by Crippen LogP contribution is -2.38. The van der Waals surface area contributed by atoms with Gasteiger partial charge in [0.1, 0.15) is 35.5 Å². The lowest BCUT2D eigenvalue weighted by Gasteiger charge is -2.31. The number of alkyl halides is 2. The molecule has 3 aromatic heterocycles. The Morgan fingerprint density at radius 3 is 2.75 bits per heavy atom. The van der Waals surface area contributed by atoms with Crippen molar-refractivity contribution < 1.29 is 23.4 Å². The van der Waals surface area contributed by atoms with Gasteiger partial charge in [0.2, 0.25) is 5.91 Å². The van der Waals surface area contributed by atoms with Crippen LogP contribution < -0.4 is 4.74 Å². The Bertz CT molecular complexity index is 1560. The van der Waals surface area contributed by atoms with Crippen LogP contribution in [0.4, 0.5) is 8.78 Å². The van der Waals surface area contributed by atoms with Crippen molar-refractivity contribution >= 4 is 28.5 Å². The van der Waals surface area contributed by atoms with Gasteiger partial charge >= 0.3 is 6.55 Å². The van der Waals surface area contributed by atoms with E-state index in [1.54, 1.807) is 29.2 Å². The highest BCUT2D eigenvalue weighted by molar-refractivity contribution is 6.31. The molecule has 1 saturated heterocycles. The second-order valence-corrected chi connectivity index (χ2v) is 10.3. The standard InChI is InChI=1S/C27H28ClF2N7O3/c1-4-22(38)35-10-7-18(8-11-35)37-16(2)23(33-34-37)17-12-20-24(36(15-32-20)26(29)30)21(13-17)40-14-27(3,39)25-19(28)6-5-9-31-25/h4-6,9,12-13,15,18,26,39H,1,7-8,10-11,14H2,2-3H3. The topological polar surface area (TPSA) is 111 Å². The Morgan fingerprint density at radius 2 is 2.08 bits per heavy atom. The zero-order valence-electron chi connectivity index (χ0n) is 22.0. The maximum Gasteiger partial charge on any atom is 0.320 e. The van der Waals surface area contributed by atoms with E-state index in [0.717, 1.165) is 12.0 Å². The number of ether oxygens (including phenoxy) is 1. The van der Waals surface area contributed by atoms with E-state index in [9.17, 15) is 18.7 Å². The van der Waals surface area contributed by atoms with Crippen molar-refractivity contribution in [3.8, 4) is 17.0 Å². The number of pyridine rings is 1. The van der Waals surface area contributed by atoms with Crippen molar-refractivity contribution in [3.05, 3.63) is 65.9 Å². The maximum atomic E-state index is 13.8. The van der Waals surface area contributed by atoms with Gasteiger partial charge in [-0.15, -0.1) is 5.10 Å². The lowest BCUT2D eigenvalue weighted by atomic mass is 10.0. The Kier molecular flexibility index (Phi) is 7.56. The summed E-state index contributed by atoms with van der Waals surface area (Å²) in [5.41, 5.74) is 0.824. The van der Waals surface area contributed by atoms with Crippen molar-refractivity contribution in [2.45, 2.75) is 44.9 Å². The minimum Gasteiger partial charge on any atom is -0.488 e. The summed E-state index contributed by atoms with van der Waals surface area (Å²) in [6.07, 6.45) is 5.27. The number of aromatic nitrogens is 6. The molecule has 40 heavy (non-hydrogen) atoms. The SMILES string of the molecule is C=CC(=O)N1CCC(n2nnc(-c3cc(OCC(C)(O)c4ncccc4Cl)c4c(c3)ncn4C(F)F)c2C)CC1. The quantitative estimate of drug-likeness (QED) is 0.306. The van der Waals surface area contributed by atoms with E-state index < -0.39 is 12.2 Å². The fourth-order valence-electron chi connectivity index (χ4n) is 5.01. The van der Waals surface area contributed by atoms with Crippen LogP contribution in [0.5, 0.6) is 5.75 Å². The number of benzene rings is 1. The van der Waals surface area contributed by atoms with Gasteiger partial charge in [0, 0.05) is 24.8 Å². The third kappa shape index (κ3) is 5.16. The minimum absolute atomic E-state index is 0.0471. The third-order valence-electron chi connectivity index (χ3n) is 7.12. The molecule has 1 aliphatic rings. The molecular formula is C27H28ClF2N7O3. The lowest BCUT2D eigenvalue weighted by molar-refractivity contribution is -0.127. The molecule has 1 fully saturated rings. The van der Waals surface area contributed by atoms with Crippen molar-refractivity contribution in [3.63, 3.8) is 0 Å². The molecule has 4 aromatic rings. The van der Waals surface area contributed by atoms with Crippen LogP contribution in [0.1, 0.15) is 43.7 Å². The highest BCUT2D eigenvalue weighted by Gasteiger charge is 2.30. The fourth-order valence-corrected chi connectivity index (χ4v) is 5.34. The van der Waals surface area contributed by atoms with Crippen LogP contribution in [-0.4, -0.2) is 65.1 Å². The molecule has 0 bridgehead atoms. The summed E-state index contributed by atoms with van der Waals surface area (Å²) < 4.78 is 36.2. The molecule has 1 atom stereocenters. The Morgan fingerprint density at radius 1 is 1.32 bits per heavy atom. The van der Waals surface area contributed by atoms with Crippen LogP contribution in [0, 0.1) is 6.92 Å². The van der Waals surface area contributed by atoms with E-state index in [0.29, 0.717) is 41.8 Å². The van der Waals surface area contributed by atoms with Crippen LogP contribution in [-0.2, 0) is 10.4 Å². The average molecular weight is 572 g/mol. The highest BCUT2D eigenvalue weighted by Crippen LogP contribution is 2.37. The van der Waals surface area contributed by atoms with Crippen LogP contribution in [0.3, 0.4) is 0 Å². The zero-order valence-corrected chi connectivity index (χ0v) is 22.7. The second kappa shape index (κ2) is 10.9. The van der Waals surface area contributed by atoms with E-state index in [1.165, 1.54) is 19.2 Å². The number of halogens is 3. The van der Waals surface area contributed by atoms with Gasteiger partial charge in [-0.25, -0.2) is 9.67 Å². The van der Waals surface area contributed by atoms with Gasteiger partial charge in [-0.2, -0.15) is 8.78 Å². The van der Waals surface area contributed by atoms with Crippen LogP contribution in [0.2, 0.25) is 5.02 Å². The molecule has 10 nitrogen and oxygen atoms in total. The van der Waals surface area contributed by atoms with E-state index >= 15 is 0 Å². The maximum absolute atomic E-state index is 13.8. The Labute approximate surface area is 233 Å². The zero-order chi connectivity index (χ0) is 28.6. The van der Waals surface area contributed by atoms with Crippen molar-refractivity contribution in [1.29, 1.82) is 0 Å². The van der Waals surface area contributed by atoms with E-state index in [-0.39, 0.29) is 46.1 Å². The summed E-state index contributed by atoms with van der Waals surface area (Å²) in [5, 5.41) is 20.1. The summed E-state index contributed by atoms with van der Waals surface area (Å²) in [7, 11) is 0. The number of amides is 1. The van der Waals surface area contributed by atoms with Crippen molar-refractivity contribution in [2.24, 2.45) is 0 Å². The molecule has 0 saturated carbocycles. The van der Waals surface area contributed by atoms with Crippen molar-refractivity contribution in [2.75, 3.05) is 19.7 Å². The number of nitrogens with zero attached hydrogens (tertiary/aromatic N) is 7. The van der Waals surface area contributed by atoms with Gasteiger partial charge in [-0.1, -0.05) is 23.4 Å². The molecule has 0 spiro atoms. The Hall–Kier alpha value is -3.90. The molecule has 1 aromatic carbocycles. The number of imidazole rings is 1. The monoisotopic (exact) mass is 571 g/mol. The highest BCUT2D eigenvalue weighted by atomic mass is 35.5. The number of rotatable bonds is 8. The number of hydrogen-bond donors (Lipinski definition) is 1. The molecule has 1 amide bonds. The van der Waals surface area contributed by atoms with Gasteiger partial charge in [-0.3, -0.25) is 14.3 Å². The number of piperidine rings is 1. The minimum atomic E-state index is -2.86. The summed E-state index contributed by atoms with van der Waals surface area (Å²) >= 11 is 6.22. The summed E-state index contributed by atoms with van der Waals surface area (Å²) in [6.45, 7) is 4.91. The predicted octanol–water partition coefficient (Wildman–Crippen LogP) is 4.68. The van der Waals surface area contributed by atoms with Crippen LogP contribution in [0.25, 0.3) is 22.3 Å². The van der Waals surface area contributed by atoms with Crippen LogP contribution in [0.15, 0.2) is 49.4 Å². The molecular weight excluding hydrogens is 544 g/mol. The summed E-state index contributed by atoms with van der Waals surface area (Å²) in [5.74, 6) is -0.00867. The molecule has 4 heterocycles. The first-order valence-corrected chi connectivity index (χ1v) is 13.1. The smallest absolute Gasteiger partial charge is 0.320 e. The first kappa shape index (κ1) is 27.7. The molecule has 5 rings (SSSR count). The molecule has 1 aliphatic heterocycles. The van der Waals surface area contributed by atoms with E-state index in [2.05, 4.69) is 26.9 Å². The van der Waals surface area contributed by atoms with E-state index in [1.807, 2.05) is 11.6 Å². The summed E-state index contributed by atoms with van der Waals surface area (Å²) in [4.78, 5) is 22.0. The Balaban J connectivity index is 1.47. The molecule has 1 unspecified atom stereocenters. The number of likely N-dealkylation sites (tertiary alicyclic amines) is 1. The van der Waals surface area contributed by atoms with Gasteiger partial charge in [-0.05, 0) is 57.0 Å². The first-order chi connectivity index (χ1) is 19.1. The summed E-state index contributed by atoms with van der Waals surface area (Å²) in [6, 6.07) is 6.52. The van der Waals surface area contributed by atoms with Gasteiger partial charge in [0.05, 0.1) is 28.0 Å². The fraction of sp³-hybridized carbons (Fsp3) is 0.370. The molecule has 13 heteroatoms. The molecule has 0 radical (unpaired) electrons. The molecule has 1 N–H and O–H groups in total. The number of hydrogen-bond acceptors (Lipinski definition) is 7. The molecule has 210 valence electrons. The number of carbonyl (C=O) groups excluding carboxylic acids is 1. The number of carbonyl (C=O) groups is 1. The van der Waals surface area contributed by atoms with Gasteiger partial charge < -0.3 is 14.7 Å². The predicted molar refractivity (Wildman–Crippen MR) is 144 cm³/mol. The molecule has 0 aliphatic carbocycles. The van der Waals surface area contributed by atoms with Crippen LogP contribution >= 0.6 is 11.6 Å². The first-order valence-electron chi connectivity index (χ1n) is 12.7. The van der Waals surface area contributed by atoms with Gasteiger partial charge in [0.25, 0.3) is 0 Å². The normalized spacial score (nSPS) is 15.9. The third-order valence-corrected chi connectivity index (χ3v) is 7.42. The van der Waals surface area contributed by atoms with Gasteiger partial charge in [0.15, 0.2) is 0 Å². The number of aliphatic hydroxyl groups is 1. The largest absolute Gasteiger partial charge is 0.488 e. The van der Waals surface area contributed by atoms with Crippen molar-refractivity contribution in [1.82, 2.24) is 34.4 Å². The second-order valence-electron chi connectivity index (χ2n) is 9.90. The van der Waals surface area contributed by atoms with E-state index in [4.69, 9.17) is 16.3 Å². The number of fused-ring (bicyclic) bond motifs is 1. The average Bonchev–Trinajstić information content (AvgIpc) is 3.55.